The van der Waals surface area contributed by atoms with Crippen molar-refractivity contribution >= 4 is 28.4 Å². The van der Waals surface area contributed by atoms with Crippen LogP contribution in [0.5, 0.6) is 0 Å². The Morgan fingerprint density at radius 3 is 2.69 bits per heavy atom. The van der Waals surface area contributed by atoms with Gasteiger partial charge in [-0.15, -0.1) is 0 Å². The molecule has 13 heavy (non-hydrogen) atoms. The predicted octanol–water partition coefficient (Wildman–Crippen LogP) is 2.50. The Kier molecular flexibility index (Phi) is 2.98. The number of benzene rings is 1. The molecule has 2 nitrogen and oxygen atoms in total. The van der Waals surface area contributed by atoms with Crippen molar-refractivity contribution in [1.29, 1.82) is 5.26 Å². The Morgan fingerprint density at radius 1 is 1.62 bits per heavy atom. The Morgan fingerprint density at radius 2 is 2.23 bits per heavy atom. The van der Waals surface area contributed by atoms with Crippen LogP contribution in [0.2, 0.25) is 0 Å². The topological polar surface area (TPSA) is 40.9 Å². The van der Waals surface area contributed by atoms with Crippen molar-refractivity contribution in [1.82, 2.24) is 0 Å². The van der Waals surface area contributed by atoms with E-state index < -0.39 is 5.82 Å². The summed E-state index contributed by atoms with van der Waals surface area (Å²) in [6, 6.07) is 4.19. The van der Waals surface area contributed by atoms with Gasteiger partial charge < -0.3 is 0 Å². The number of hydrogen-bond donors (Lipinski definition) is 0. The SMILES string of the molecule is CC(=O)c1cc(F)cc(I)c1C#N. The molecule has 0 amide bonds. The first-order chi connectivity index (χ1) is 6.06. The number of nitriles is 1. The van der Waals surface area contributed by atoms with E-state index in [1.165, 1.54) is 13.0 Å². The molecule has 0 atom stereocenters. The standard InChI is InChI=1S/C9H5FINO/c1-5(13)7-2-6(10)3-9(11)8(7)4-12/h2-3H,1H3. The number of ketones is 1. The van der Waals surface area contributed by atoms with Crippen LogP contribution >= 0.6 is 22.6 Å². The van der Waals surface area contributed by atoms with Gasteiger partial charge in [0.05, 0.1) is 5.56 Å². The van der Waals surface area contributed by atoms with Gasteiger partial charge in [-0.2, -0.15) is 5.26 Å². The molecular weight excluding hydrogens is 284 g/mol. The maximum Gasteiger partial charge on any atom is 0.161 e. The Labute approximate surface area is 88.5 Å². The van der Waals surface area contributed by atoms with Gasteiger partial charge in [-0.1, -0.05) is 0 Å². The normalized spacial score (nSPS) is 9.38. The van der Waals surface area contributed by atoms with E-state index in [4.69, 9.17) is 5.26 Å². The molecule has 1 aromatic carbocycles. The molecule has 0 aromatic heterocycles. The van der Waals surface area contributed by atoms with Crippen LogP contribution in [0.3, 0.4) is 0 Å². The summed E-state index contributed by atoms with van der Waals surface area (Å²) in [6.45, 7) is 1.31. The summed E-state index contributed by atoms with van der Waals surface area (Å²) in [6.07, 6.45) is 0. The van der Waals surface area contributed by atoms with Gasteiger partial charge >= 0.3 is 0 Å². The summed E-state index contributed by atoms with van der Waals surface area (Å²) in [5, 5.41) is 8.71. The summed E-state index contributed by atoms with van der Waals surface area (Å²) in [5.41, 5.74) is 0.390. The van der Waals surface area contributed by atoms with E-state index in [0.29, 0.717) is 3.57 Å². The average molecular weight is 289 g/mol. The number of carbonyl (C=O) groups excluding carboxylic acids is 1. The summed E-state index contributed by atoms with van der Waals surface area (Å²) < 4.78 is 13.3. The largest absolute Gasteiger partial charge is 0.294 e. The average Bonchev–Trinajstić information content (AvgIpc) is 2.02. The van der Waals surface area contributed by atoms with Crippen LogP contribution < -0.4 is 0 Å². The van der Waals surface area contributed by atoms with Crippen LogP contribution in [0, 0.1) is 20.7 Å². The lowest BCUT2D eigenvalue weighted by molar-refractivity contribution is 0.101. The highest BCUT2D eigenvalue weighted by molar-refractivity contribution is 14.1. The molecule has 0 aliphatic rings. The number of nitrogens with zero attached hydrogens (tertiary/aromatic N) is 1. The zero-order valence-electron chi connectivity index (χ0n) is 6.77. The fourth-order valence-electron chi connectivity index (χ4n) is 0.965. The number of carbonyl (C=O) groups is 1. The minimum atomic E-state index is -0.492. The van der Waals surface area contributed by atoms with Gasteiger partial charge in [-0.25, -0.2) is 4.39 Å². The molecular formula is C9H5FINO. The molecule has 0 N–H and O–H groups in total. The van der Waals surface area contributed by atoms with E-state index >= 15 is 0 Å². The Balaban J connectivity index is 3.50. The van der Waals surface area contributed by atoms with Crippen molar-refractivity contribution in [3.63, 3.8) is 0 Å². The van der Waals surface area contributed by atoms with Crippen molar-refractivity contribution in [2.45, 2.75) is 6.92 Å². The van der Waals surface area contributed by atoms with Gasteiger partial charge in [-0.05, 0) is 41.6 Å². The van der Waals surface area contributed by atoms with Crippen molar-refractivity contribution in [3.8, 4) is 6.07 Å². The molecule has 1 rings (SSSR count). The number of rotatable bonds is 1. The molecule has 0 bridgehead atoms. The van der Waals surface area contributed by atoms with Crippen LogP contribution in [0.1, 0.15) is 22.8 Å². The predicted molar refractivity (Wildman–Crippen MR) is 53.8 cm³/mol. The van der Waals surface area contributed by atoms with Gasteiger partial charge in [-0.3, -0.25) is 4.79 Å². The molecule has 1 aromatic rings. The second kappa shape index (κ2) is 3.83. The third-order valence-electron chi connectivity index (χ3n) is 1.55. The van der Waals surface area contributed by atoms with E-state index in [0.717, 1.165) is 6.07 Å². The summed E-state index contributed by atoms with van der Waals surface area (Å²) >= 11 is 1.83. The lowest BCUT2D eigenvalue weighted by Crippen LogP contribution is -2.00. The first-order valence-corrected chi connectivity index (χ1v) is 4.54. The highest BCUT2D eigenvalue weighted by atomic mass is 127. The van der Waals surface area contributed by atoms with Crippen LogP contribution in [-0.4, -0.2) is 5.78 Å². The Hall–Kier alpha value is -0.960. The zero-order valence-corrected chi connectivity index (χ0v) is 8.92. The second-order valence-electron chi connectivity index (χ2n) is 2.48. The first-order valence-electron chi connectivity index (χ1n) is 3.46. The zero-order chi connectivity index (χ0) is 10.0. The smallest absolute Gasteiger partial charge is 0.161 e. The molecule has 0 saturated carbocycles. The second-order valence-corrected chi connectivity index (χ2v) is 3.64. The van der Waals surface area contributed by atoms with E-state index in [9.17, 15) is 9.18 Å². The molecule has 0 radical (unpaired) electrons. The molecule has 0 aliphatic heterocycles. The van der Waals surface area contributed by atoms with Crippen LogP contribution in [-0.2, 0) is 0 Å². The third kappa shape index (κ3) is 2.04. The molecule has 66 valence electrons. The third-order valence-corrected chi connectivity index (χ3v) is 2.40. The van der Waals surface area contributed by atoms with Crippen molar-refractivity contribution in [2.24, 2.45) is 0 Å². The Bertz CT molecular complexity index is 409. The molecule has 0 heterocycles. The summed E-state index contributed by atoms with van der Waals surface area (Å²) in [4.78, 5) is 11.0. The maximum absolute atomic E-state index is 12.8. The van der Waals surface area contributed by atoms with E-state index in [1.54, 1.807) is 0 Å². The van der Waals surface area contributed by atoms with E-state index in [-0.39, 0.29) is 16.9 Å². The van der Waals surface area contributed by atoms with E-state index in [1.807, 2.05) is 28.7 Å². The van der Waals surface area contributed by atoms with Gasteiger partial charge in [0.1, 0.15) is 11.9 Å². The number of halogens is 2. The van der Waals surface area contributed by atoms with E-state index in [2.05, 4.69) is 0 Å². The molecule has 0 fully saturated rings. The van der Waals surface area contributed by atoms with Crippen LogP contribution in [0.15, 0.2) is 12.1 Å². The minimum Gasteiger partial charge on any atom is -0.294 e. The number of hydrogen-bond acceptors (Lipinski definition) is 2. The molecule has 0 unspecified atom stereocenters. The minimum absolute atomic E-state index is 0.145. The summed E-state index contributed by atoms with van der Waals surface area (Å²) in [5.74, 6) is -0.789. The molecule has 0 aliphatic carbocycles. The van der Waals surface area contributed by atoms with Crippen molar-refractivity contribution < 1.29 is 9.18 Å². The lowest BCUT2D eigenvalue weighted by atomic mass is 10.1. The molecule has 0 spiro atoms. The first kappa shape index (κ1) is 10.1. The monoisotopic (exact) mass is 289 g/mol. The van der Waals surface area contributed by atoms with Gasteiger partial charge in [0.2, 0.25) is 0 Å². The fraction of sp³-hybridized carbons (Fsp3) is 0.111. The molecule has 4 heteroatoms. The van der Waals surface area contributed by atoms with Crippen molar-refractivity contribution in [2.75, 3.05) is 0 Å². The number of Topliss-reactive ketones (excluding diaryl/α,β-unsaturated/α-hetero) is 1. The molecule has 0 saturated heterocycles. The summed E-state index contributed by atoms with van der Waals surface area (Å²) in [7, 11) is 0. The van der Waals surface area contributed by atoms with Crippen molar-refractivity contribution in [3.05, 3.63) is 32.6 Å². The highest BCUT2D eigenvalue weighted by Gasteiger charge is 2.12. The van der Waals surface area contributed by atoms with Gasteiger partial charge in [0.25, 0.3) is 0 Å². The van der Waals surface area contributed by atoms with Crippen LogP contribution in [0.25, 0.3) is 0 Å². The lowest BCUT2D eigenvalue weighted by Gasteiger charge is -2.01. The maximum atomic E-state index is 12.8. The van der Waals surface area contributed by atoms with Crippen LogP contribution in [0.4, 0.5) is 4.39 Å². The quantitative estimate of drug-likeness (QED) is 0.588. The fourth-order valence-corrected chi connectivity index (χ4v) is 1.67. The van der Waals surface area contributed by atoms with Gasteiger partial charge in [0, 0.05) is 9.13 Å². The van der Waals surface area contributed by atoms with Gasteiger partial charge in [0.15, 0.2) is 5.78 Å². The highest BCUT2D eigenvalue weighted by Crippen LogP contribution is 2.18.